The van der Waals surface area contributed by atoms with E-state index in [9.17, 15) is 9.59 Å². The lowest BCUT2D eigenvalue weighted by atomic mass is 9.93. The molecule has 0 aliphatic rings. The molecule has 1 aromatic carbocycles. The molecule has 0 fully saturated rings. The van der Waals surface area contributed by atoms with Gasteiger partial charge in [-0.25, -0.2) is 9.59 Å². The van der Waals surface area contributed by atoms with Crippen LogP contribution in [0.3, 0.4) is 0 Å². The number of hydrogen-bond donors (Lipinski definition) is 2. The monoisotopic (exact) mass is 238 g/mol. The SMILES string of the molecule is Cc1c(C)c(C(=O)O)c([SiH3])c(C)c1C(=O)O. The number of carboxylic acid groups (broad SMARTS) is 2. The second-order valence-corrected chi connectivity index (χ2v) is 4.86. The van der Waals surface area contributed by atoms with Gasteiger partial charge in [0.2, 0.25) is 0 Å². The molecule has 5 heteroatoms. The maximum absolute atomic E-state index is 11.1. The maximum atomic E-state index is 11.1. The quantitative estimate of drug-likeness (QED) is 0.711. The molecule has 2 N–H and O–H groups in total. The zero-order valence-electron chi connectivity index (χ0n) is 9.71. The van der Waals surface area contributed by atoms with E-state index in [4.69, 9.17) is 10.2 Å². The number of carbonyl (C=O) groups is 2. The van der Waals surface area contributed by atoms with E-state index >= 15 is 0 Å². The fraction of sp³-hybridized carbons (Fsp3) is 0.273. The van der Waals surface area contributed by atoms with Crippen molar-refractivity contribution in [3.63, 3.8) is 0 Å². The van der Waals surface area contributed by atoms with Crippen LogP contribution >= 0.6 is 0 Å². The van der Waals surface area contributed by atoms with Gasteiger partial charge < -0.3 is 10.2 Å². The molecule has 1 aromatic rings. The van der Waals surface area contributed by atoms with Crippen molar-refractivity contribution >= 4 is 27.4 Å². The van der Waals surface area contributed by atoms with Gasteiger partial charge in [-0.2, -0.15) is 0 Å². The van der Waals surface area contributed by atoms with Crippen molar-refractivity contribution in [2.24, 2.45) is 0 Å². The molecule has 0 atom stereocenters. The van der Waals surface area contributed by atoms with Crippen LogP contribution in [0.15, 0.2) is 0 Å². The molecular formula is C11H14O4Si. The lowest BCUT2D eigenvalue weighted by molar-refractivity contribution is 0.0680. The first kappa shape index (κ1) is 12.4. The van der Waals surface area contributed by atoms with Gasteiger partial charge in [0.15, 0.2) is 0 Å². The third kappa shape index (κ3) is 1.74. The average molecular weight is 238 g/mol. The first-order chi connectivity index (χ1) is 7.29. The third-order valence-corrected chi connectivity index (χ3v) is 4.30. The van der Waals surface area contributed by atoms with Gasteiger partial charge in [-0.15, -0.1) is 0 Å². The summed E-state index contributed by atoms with van der Waals surface area (Å²) in [5.74, 6) is -1.97. The van der Waals surface area contributed by atoms with Crippen molar-refractivity contribution in [2.75, 3.05) is 0 Å². The van der Waals surface area contributed by atoms with Crippen molar-refractivity contribution in [1.29, 1.82) is 0 Å². The molecule has 0 heterocycles. The smallest absolute Gasteiger partial charge is 0.336 e. The standard InChI is InChI=1S/C11H14O4Si/c1-4-5(2)8(11(14)15)9(16)6(3)7(4)10(12)13/h1-3,16H3,(H,12,13)(H,14,15). The van der Waals surface area contributed by atoms with Crippen molar-refractivity contribution in [1.82, 2.24) is 0 Å². The van der Waals surface area contributed by atoms with Crippen molar-refractivity contribution in [3.8, 4) is 0 Å². The van der Waals surface area contributed by atoms with E-state index in [0.717, 1.165) is 0 Å². The first-order valence-corrected chi connectivity index (χ1v) is 5.86. The predicted molar refractivity (Wildman–Crippen MR) is 64.1 cm³/mol. The van der Waals surface area contributed by atoms with Crippen molar-refractivity contribution in [2.45, 2.75) is 20.8 Å². The van der Waals surface area contributed by atoms with Gasteiger partial charge in [0.05, 0.1) is 11.1 Å². The first-order valence-electron chi connectivity index (χ1n) is 4.86. The molecule has 16 heavy (non-hydrogen) atoms. The highest BCUT2D eigenvalue weighted by atomic mass is 28.1. The van der Waals surface area contributed by atoms with Crippen molar-refractivity contribution in [3.05, 3.63) is 27.8 Å². The van der Waals surface area contributed by atoms with Crippen LogP contribution < -0.4 is 5.19 Å². The second kappa shape index (κ2) is 4.09. The molecule has 86 valence electrons. The Hall–Kier alpha value is -1.62. The highest BCUT2D eigenvalue weighted by molar-refractivity contribution is 6.38. The number of rotatable bonds is 2. The Kier molecular flexibility index (Phi) is 3.18. The summed E-state index contributed by atoms with van der Waals surface area (Å²) in [6, 6.07) is 0. The van der Waals surface area contributed by atoms with Gasteiger partial charge in [-0.05, 0) is 37.5 Å². The van der Waals surface area contributed by atoms with Gasteiger partial charge in [0.25, 0.3) is 0 Å². The van der Waals surface area contributed by atoms with Crippen LogP contribution in [0, 0.1) is 20.8 Å². The molecule has 1 rings (SSSR count). The summed E-state index contributed by atoms with van der Waals surface area (Å²) in [7, 11) is 0.522. The second-order valence-electron chi connectivity index (χ2n) is 3.86. The Morgan fingerprint density at radius 1 is 0.875 bits per heavy atom. The summed E-state index contributed by atoms with van der Waals surface area (Å²) in [6.07, 6.45) is 0. The molecule has 4 nitrogen and oxygen atoms in total. The summed E-state index contributed by atoms with van der Waals surface area (Å²) in [5.41, 5.74) is 2.20. The highest BCUT2D eigenvalue weighted by Crippen LogP contribution is 2.19. The van der Waals surface area contributed by atoms with Crippen LogP contribution in [0.1, 0.15) is 37.4 Å². The van der Waals surface area contributed by atoms with Gasteiger partial charge in [-0.3, -0.25) is 0 Å². The zero-order chi connectivity index (χ0) is 12.6. The fourth-order valence-corrected chi connectivity index (χ4v) is 2.79. The topological polar surface area (TPSA) is 74.6 Å². The van der Waals surface area contributed by atoms with E-state index in [1.807, 2.05) is 0 Å². The lowest BCUT2D eigenvalue weighted by Gasteiger charge is -2.15. The Morgan fingerprint density at radius 3 is 1.62 bits per heavy atom. The van der Waals surface area contributed by atoms with E-state index < -0.39 is 11.9 Å². The van der Waals surface area contributed by atoms with Crippen LogP contribution in [0.2, 0.25) is 0 Å². The Balaban J connectivity index is 3.77. The predicted octanol–water partition coefficient (Wildman–Crippen LogP) is -0.00104. The number of aromatic carboxylic acids is 2. The highest BCUT2D eigenvalue weighted by Gasteiger charge is 2.21. The molecule has 0 aliphatic carbocycles. The summed E-state index contributed by atoms with van der Waals surface area (Å²) >= 11 is 0. The number of carboxylic acids is 2. The molecular weight excluding hydrogens is 224 g/mol. The summed E-state index contributed by atoms with van der Waals surface area (Å²) < 4.78 is 0. The van der Waals surface area contributed by atoms with Crippen LogP contribution in [-0.2, 0) is 0 Å². The minimum Gasteiger partial charge on any atom is -0.478 e. The van der Waals surface area contributed by atoms with Gasteiger partial charge in [0, 0.05) is 10.2 Å². The normalized spacial score (nSPS) is 10.4. The molecule has 0 saturated heterocycles. The molecule has 0 saturated carbocycles. The lowest BCUT2D eigenvalue weighted by Crippen LogP contribution is -2.25. The molecule has 0 aliphatic heterocycles. The summed E-state index contributed by atoms with van der Waals surface area (Å²) in [4.78, 5) is 22.2. The zero-order valence-corrected chi connectivity index (χ0v) is 11.7. The van der Waals surface area contributed by atoms with Gasteiger partial charge in [0.1, 0.15) is 0 Å². The third-order valence-electron chi connectivity index (χ3n) is 3.05. The van der Waals surface area contributed by atoms with E-state index in [-0.39, 0.29) is 11.1 Å². The fourth-order valence-electron chi connectivity index (χ4n) is 1.95. The number of benzene rings is 1. The van der Waals surface area contributed by atoms with Crippen LogP contribution in [0.25, 0.3) is 0 Å². The van der Waals surface area contributed by atoms with Gasteiger partial charge >= 0.3 is 11.9 Å². The average Bonchev–Trinajstić information content (AvgIpc) is 2.14. The maximum Gasteiger partial charge on any atom is 0.336 e. The largest absolute Gasteiger partial charge is 0.478 e. The Morgan fingerprint density at radius 2 is 1.25 bits per heavy atom. The van der Waals surface area contributed by atoms with Crippen LogP contribution in [-0.4, -0.2) is 32.4 Å². The van der Waals surface area contributed by atoms with Crippen molar-refractivity contribution < 1.29 is 19.8 Å². The molecule has 0 radical (unpaired) electrons. The molecule has 0 unspecified atom stereocenters. The minimum absolute atomic E-state index is 0.243. The Bertz CT molecular complexity index is 417. The van der Waals surface area contributed by atoms with E-state index in [0.29, 0.717) is 32.1 Å². The number of hydrogen-bond acceptors (Lipinski definition) is 2. The molecule has 0 spiro atoms. The minimum atomic E-state index is -0.993. The van der Waals surface area contributed by atoms with Crippen LogP contribution in [0.5, 0.6) is 0 Å². The summed E-state index contributed by atoms with van der Waals surface area (Å²) in [6.45, 7) is 4.98. The van der Waals surface area contributed by atoms with E-state index in [2.05, 4.69) is 0 Å². The summed E-state index contributed by atoms with van der Waals surface area (Å²) in [5, 5.41) is 18.9. The molecule has 0 bridgehead atoms. The van der Waals surface area contributed by atoms with Gasteiger partial charge in [-0.1, -0.05) is 5.19 Å². The molecule has 0 aromatic heterocycles. The molecule has 0 amide bonds. The van der Waals surface area contributed by atoms with E-state index in [1.165, 1.54) is 0 Å². The van der Waals surface area contributed by atoms with E-state index in [1.54, 1.807) is 20.8 Å². The Labute approximate surface area is 96.3 Å². The van der Waals surface area contributed by atoms with Crippen LogP contribution in [0.4, 0.5) is 0 Å².